The number of para-hydroxylation sites is 2. The standard InChI is InChI=1S/C21H22N2O5/c1-14(20(25)23-17-11-7-8-12-19(17)27-3)28-21(26)18(22-15(2)24)13-16-9-5-4-6-10-16/h4-14H,1-3H3,(H,22,24)(H,23,25)/b18-13-/t14-/m1/s1. The molecule has 2 aromatic rings. The Morgan fingerprint density at radius 3 is 2.29 bits per heavy atom. The fourth-order valence-electron chi connectivity index (χ4n) is 2.31. The molecule has 2 aromatic carbocycles. The van der Waals surface area contributed by atoms with Crippen LogP contribution in [0.4, 0.5) is 5.69 Å². The smallest absolute Gasteiger partial charge is 0.355 e. The zero-order valence-corrected chi connectivity index (χ0v) is 15.9. The van der Waals surface area contributed by atoms with E-state index in [2.05, 4.69) is 10.6 Å². The molecule has 0 radical (unpaired) electrons. The molecule has 0 fully saturated rings. The van der Waals surface area contributed by atoms with E-state index in [4.69, 9.17) is 9.47 Å². The number of carbonyl (C=O) groups is 3. The molecule has 7 heteroatoms. The minimum absolute atomic E-state index is 0.0596. The average Bonchev–Trinajstić information content (AvgIpc) is 2.68. The fourth-order valence-corrected chi connectivity index (χ4v) is 2.31. The number of anilines is 1. The Kier molecular flexibility index (Phi) is 7.33. The predicted octanol–water partition coefficient (Wildman–Crippen LogP) is 2.74. The van der Waals surface area contributed by atoms with Gasteiger partial charge in [-0.1, -0.05) is 42.5 Å². The SMILES string of the molecule is COc1ccccc1NC(=O)[C@@H](C)OC(=O)/C(=C/c1ccccc1)NC(C)=O. The van der Waals surface area contributed by atoms with Crippen molar-refractivity contribution in [3.63, 3.8) is 0 Å². The number of rotatable bonds is 7. The van der Waals surface area contributed by atoms with Gasteiger partial charge in [0.2, 0.25) is 5.91 Å². The van der Waals surface area contributed by atoms with Crippen LogP contribution >= 0.6 is 0 Å². The van der Waals surface area contributed by atoms with Crippen molar-refractivity contribution in [1.29, 1.82) is 0 Å². The Hall–Kier alpha value is -3.61. The van der Waals surface area contributed by atoms with Gasteiger partial charge in [0.15, 0.2) is 6.10 Å². The first kappa shape index (κ1) is 20.7. The molecule has 0 aliphatic carbocycles. The first-order chi connectivity index (χ1) is 13.4. The summed E-state index contributed by atoms with van der Waals surface area (Å²) in [6, 6.07) is 15.8. The van der Waals surface area contributed by atoms with E-state index >= 15 is 0 Å². The van der Waals surface area contributed by atoms with Crippen molar-refractivity contribution in [2.75, 3.05) is 12.4 Å². The van der Waals surface area contributed by atoms with Crippen LogP contribution in [0.2, 0.25) is 0 Å². The van der Waals surface area contributed by atoms with Crippen LogP contribution in [0.15, 0.2) is 60.3 Å². The van der Waals surface area contributed by atoms with Crippen LogP contribution < -0.4 is 15.4 Å². The average molecular weight is 382 g/mol. The van der Waals surface area contributed by atoms with Gasteiger partial charge in [0.05, 0.1) is 12.8 Å². The second-order valence-corrected chi connectivity index (χ2v) is 5.89. The zero-order valence-electron chi connectivity index (χ0n) is 15.9. The second kappa shape index (κ2) is 9.91. The molecule has 0 heterocycles. The van der Waals surface area contributed by atoms with E-state index < -0.39 is 23.9 Å². The summed E-state index contributed by atoms with van der Waals surface area (Å²) in [5, 5.41) is 5.08. The highest BCUT2D eigenvalue weighted by molar-refractivity contribution is 6.01. The van der Waals surface area contributed by atoms with Crippen LogP contribution in [0.5, 0.6) is 5.75 Å². The summed E-state index contributed by atoms with van der Waals surface area (Å²) in [4.78, 5) is 36.3. The maximum atomic E-state index is 12.5. The number of benzene rings is 2. The molecular weight excluding hydrogens is 360 g/mol. The van der Waals surface area contributed by atoms with E-state index in [1.807, 2.05) is 6.07 Å². The highest BCUT2D eigenvalue weighted by atomic mass is 16.5. The van der Waals surface area contributed by atoms with Crippen molar-refractivity contribution in [1.82, 2.24) is 5.32 Å². The van der Waals surface area contributed by atoms with E-state index in [0.717, 1.165) is 0 Å². The summed E-state index contributed by atoms with van der Waals surface area (Å²) in [6.45, 7) is 2.72. The molecule has 0 bridgehead atoms. The molecule has 2 N–H and O–H groups in total. The molecule has 0 aliphatic heterocycles. The third kappa shape index (κ3) is 5.98. The van der Waals surface area contributed by atoms with Gasteiger partial charge in [0.25, 0.3) is 5.91 Å². The molecule has 0 aliphatic rings. The molecular formula is C21H22N2O5. The second-order valence-electron chi connectivity index (χ2n) is 5.89. The summed E-state index contributed by atoms with van der Waals surface area (Å²) < 4.78 is 10.4. The lowest BCUT2D eigenvalue weighted by Gasteiger charge is -2.16. The number of hydrogen-bond acceptors (Lipinski definition) is 5. The number of methoxy groups -OCH3 is 1. The van der Waals surface area contributed by atoms with Crippen molar-refractivity contribution in [2.45, 2.75) is 20.0 Å². The Balaban J connectivity index is 2.10. The topological polar surface area (TPSA) is 93.7 Å². The lowest BCUT2D eigenvalue weighted by molar-refractivity contribution is -0.149. The molecule has 0 saturated heterocycles. The fraction of sp³-hybridized carbons (Fsp3) is 0.190. The van der Waals surface area contributed by atoms with E-state index in [0.29, 0.717) is 17.0 Å². The van der Waals surface area contributed by atoms with Gasteiger partial charge in [0, 0.05) is 6.92 Å². The molecule has 7 nitrogen and oxygen atoms in total. The molecule has 2 amide bonds. The minimum atomic E-state index is -1.09. The molecule has 0 spiro atoms. The van der Waals surface area contributed by atoms with Gasteiger partial charge in [-0.2, -0.15) is 0 Å². The normalized spacial score (nSPS) is 11.9. The van der Waals surface area contributed by atoms with Gasteiger partial charge in [-0.15, -0.1) is 0 Å². The third-order valence-electron chi connectivity index (χ3n) is 3.66. The van der Waals surface area contributed by atoms with Crippen LogP contribution in [0.3, 0.4) is 0 Å². The maximum Gasteiger partial charge on any atom is 0.355 e. The summed E-state index contributed by atoms with van der Waals surface area (Å²) in [7, 11) is 1.49. The number of nitrogens with one attached hydrogen (secondary N) is 2. The van der Waals surface area contributed by atoms with Gasteiger partial charge < -0.3 is 20.1 Å². The molecule has 2 rings (SSSR count). The van der Waals surface area contributed by atoms with Crippen LogP contribution in [0.25, 0.3) is 6.08 Å². The van der Waals surface area contributed by atoms with Crippen LogP contribution in [0.1, 0.15) is 19.4 Å². The van der Waals surface area contributed by atoms with Gasteiger partial charge in [0.1, 0.15) is 11.4 Å². The Morgan fingerprint density at radius 2 is 1.64 bits per heavy atom. The number of carbonyl (C=O) groups excluding carboxylic acids is 3. The largest absolute Gasteiger partial charge is 0.495 e. The van der Waals surface area contributed by atoms with Crippen LogP contribution in [0, 0.1) is 0 Å². The first-order valence-electron chi connectivity index (χ1n) is 8.60. The number of esters is 1. The van der Waals surface area contributed by atoms with Crippen molar-refractivity contribution in [3.8, 4) is 5.75 Å². The van der Waals surface area contributed by atoms with Crippen LogP contribution in [-0.4, -0.2) is 31.0 Å². The Labute approximate surface area is 163 Å². The third-order valence-corrected chi connectivity index (χ3v) is 3.66. The van der Waals surface area contributed by atoms with Crippen molar-refractivity contribution < 1.29 is 23.9 Å². The number of hydrogen-bond donors (Lipinski definition) is 2. The molecule has 0 unspecified atom stereocenters. The van der Waals surface area contributed by atoms with Crippen molar-refractivity contribution in [3.05, 3.63) is 65.9 Å². The zero-order chi connectivity index (χ0) is 20.5. The summed E-state index contributed by atoms with van der Waals surface area (Å²) in [5.74, 6) is -1.29. The molecule has 0 saturated carbocycles. The highest BCUT2D eigenvalue weighted by Gasteiger charge is 2.22. The monoisotopic (exact) mass is 382 g/mol. The van der Waals surface area contributed by atoms with E-state index in [1.165, 1.54) is 27.0 Å². The first-order valence-corrected chi connectivity index (χ1v) is 8.60. The van der Waals surface area contributed by atoms with Gasteiger partial charge in [-0.3, -0.25) is 9.59 Å². The quantitative estimate of drug-likeness (QED) is 0.567. The number of amides is 2. The van der Waals surface area contributed by atoms with Crippen molar-refractivity contribution in [2.24, 2.45) is 0 Å². The van der Waals surface area contributed by atoms with Gasteiger partial charge in [-0.25, -0.2) is 4.79 Å². The molecule has 1 atom stereocenters. The lowest BCUT2D eigenvalue weighted by Crippen LogP contribution is -2.33. The van der Waals surface area contributed by atoms with E-state index in [1.54, 1.807) is 48.5 Å². The van der Waals surface area contributed by atoms with Crippen LogP contribution in [-0.2, 0) is 19.1 Å². The van der Waals surface area contributed by atoms with Gasteiger partial charge in [-0.05, 0) is 30.7 Å². The lowest BCUT2D eigenvalue weighted by atomic mass is 10.2. The summed E-state index contributed by atoms with van der Waals surface area (Å²) in [5.41, 5.74) is 1.10. The summed E-state index contributed by atoms with van der Waals surface area (Å²) >= 11 is 0. The highest BCUT2D eigenvalue weighted by Crippen LogP contribution is 2.23. The summed E-state index contributed by atoms with van der Waals surface area (Å²) in [6.07, 6.45) is 0.388. The Morgan fingerprint density at radius 1 is 1.00 bits per heavy atom. The molecule has 146 valence electrons. The molecule has 28 heavy (non-hydrogen) atoms. The number of ether oxygens (including phenoxy) is 2. The Bertz CT molecular complexity index is 877. The maximum absolute atomic E-state index is 12.5. The van der Waals surface area contributed by atoms with E-state index in [-0.39, 0.29) is 5.70 Å². The predicted molar refractivity (Wildman–Crippen MR) is 105 cm³/mol. The van der Waals surface area contributed by atoms with Gasteiger partial charge >= 0.3 is 5.97 Å². The minimum Gasteiger partial charge on any atom is -0.495 e. The van der Waals surface area contributed by atoms with E-state index in [9.17, 15) is 14.4 Å². The molecule has 0 aromatic heterocycles. The van der Waals surface area contributed by atoms with Crippen molar-refractivity contribution >= 4 is 29.5 Å².